The maximum absolute atomic E-state index is 13.1. The van der Waals surface area contributed by atoms with Crippen molar-refractivity contribution < 1.29 is 38.1 Å². The second kappa shape index (κ2) is 24.8. The standard InChI is InChI=1S/C38H58O8/c1-7-17-31(25-35(39)43-5)21-13-11-19-29(9-3)27-45-37(41)33-23-15-16-24-34(33)38(42)46-28-30(10-4)20-12-14-22-32(18-8-2)26-36(40)44-6/h15-16,23-26,29-30H,7-14,17-22,27-28H2,1-6H3/b31-25+,32-26+. The fourth-order valence-electron chi connectivity index (χ4n) is 5.39. The number of esters is 4. The number of rotatable bonds is 24. The quantitative estimate of drug-likeness (QED) is 0.0476. The second-order valence-electron chi connectivity index (χ2n) is 11.9. The first kappa shape index (κ1) is 40.6. The highest BCUT2D eigenvalue weighted by Gasteiger charge is 2.21. The fraction of sp³-hybridized carbons (Fsp3) is 0.632. The molecule has 0 saturated heterocycles. The summed E-state index contributed by atoms with van der Waals surface area (Å²) in [4.78, 5) is 49.4. The van der Waals surface area contributed by atoms with Gasteiger partial charge in [-0.25, -0.2) is 19.2 Å². The van der Waals surface area contributed by atoms with Crippen molar-refractivity contribution in [1.82, 2.24) is 0 Å². The topological polar surface area (TPSA) is 105 Å². The van der Waals surface area contributed by atoms with E-state index in [1.54, 1.807) is 36.4 Å². The zero-order chi connectivity index (χ0) is 34.2. The normalized spacial score (nSPS) is 13.1. The fourth-order valence-corrected chi connectivity index (χ4v) is 5.39. The lowest BCUT2D eigenvalue weighted by molar-refractivity contribution is -0.135. The van der Waals surface area contributed by atoms with Crippen molar-refractivity contribution in [3.63, 3.8) is 0 Å². The molecule has 46 heavy (non-hydrogen) atoms. The molecule has 2 atom stereocenters. The van der Waals surface area contributed by atoms with Gasteiger partial charge in [0.1, 0.15) is 0 Å². The number of carbonyl (C=O) groups is 4. The summed E-state index contributed by atoms with van der Waals surface area (Å²) in [5.74, 6) is -1.24. The molecule has 0 fully saturated rings. The van der Waals surface area contributed by atoms with Gasteiger partial charge in [-0.3, -0.25) is 0 Å². The van der Waals surface area contributed by atoms with Crippen molar-refractivity contribution in [3.8, 4) is 0 Å². The van der Waals surface area contributed by atoms with Crippen molar-refractivity contribution in [2.45, 2.75) is 118 Å². The Morgan fingerprint density at radius 2 is 1.00 bits per heavy atom. The molecular formula is C38H58O8. The smallest absolute Gasteiger partial charge is 0.339 e. The lowest BCUT2D eigenvalue weighted by Crippen LogP contribution is -2.19. The number of allylic oxidation sites excluding steroid dienone is 2. The zero-order valence-electron chi connectivity index (χ0n) is 29.2. The van der Waals surface area contributed by atoms with Gasteiger partial charge in [-0.05, 0) is 75.3 Å². The average Bonchev–Trinajstić information content (AvgIpc) is 3.07. The van der Waals surface area contributed by atoms with E-state index in [1.165, 1.54) is 14.2 Å². The van der Waals surface area contributed by atoms with Crippen LogP contribution in [0.2, 0.25) is 0 Å². The summed E-state index contributed by atoms with van der Waals surface area (Å²) >= 11 is 0. The van der Waals surface area contributed by atoms with Crippen molar-refractivity contribution in [2.24, 2.45) is 11.8 Å². The molecule has 1 rings (SSSR count). The third-order valence-corrected chi connectivity index (χ3v) is 8.33. The molecule has 258 valence electrons. The molecule has 1 aromatic carbocycles. The summed E-state index contributed by atoms with van der Waals surface area (Å²) in [5.41, 5.74) is 2.64. The van der Waals surface area contributed by atoms with Crippen LogP contribution in [-0.4, -0.2) is 51.3 Å². The lowest BCUT2D eigenvalue weighted by atomic mass is 9.96. The van der Waals surface area contributed by atoms with E-state index in [4.69, 9.17) is 18.9 Å². The number of hydrogen-bond donors (Lipinski definition) is 0. The van der Waals surface area contributed by atoms with E-state index >= 15 is 0 Å². The van der Waals surface area contributed by atoms with Crippen LogP contribution in [0.15, 0.2) is 47.6 Å². The van der Waals surface area contributed by atoms with E-state index in [9.17, 15) is 19.2 Å². The van der Waals surface area contributed by atoms with E-state index in [0.29, 0.717) is 0 Å². The molecular weight excluding hydrogens is 584 g/mol. The van der Waals surface area contributed by atoms with Crippen molar-refractivity contribution in [3.05, 3.63) is 58.7 Å². The number of unbranched alkanes of at least 4 members (excludes halogenated alkanes) is 2. The van der Waals surface area contributed by atoms with Crippen LogP contribution in [0.1, 0.15) is 138 Å². The summed E-state index contributed by atoms with van der Waals surface area (Å²) in [5, 5.41) is 0. The largest absolute Gasteiger partial charge is 0.466 e. The minimum absolute atomic E-state index is 0.210. The summed E-state index contributed by atoms with van der Waals surface area (Å²) < 4.78 is 20.9. The van der Waals surface area contributed by atoms with Gasteiger partial charge < -0.3 is 18.9 Å². The zero-order valence-corrected chi connectivity index (χ0v) is 29.2. The molecule has 0 N–H and O–H groups in total. The summed E-state index contributed by atoms with van der Waals surface area (Å²) in [6, 6.07) is 6.65. The number of hydrogen-bond acceptors (Lipinski definition) is 8. The van der Waals surface area contributed by atoms with Crippen LogP contribution in [0.25, 0.3) is 0 Å². The number of benzene rings is 1. The molecule has 8 nitrogen and oxygen atoms in total. The Bertz CT molecular complexity index is 1030. The first-order valence-corrected chi connectivity index (χ1v) is 17.2. The predicted molar refractivity (Wildman–Crippen MR) is 182 cm³/mol. The molecule has 0 bridgehead atoms. The Labute approximate surface area is 277 Å². The van der Waals surface area contributed by atoms with Crippen LogP contribution in [-0.2, 0) is 28.5 Å². The van der Waals surface area contributed by atoms with Crippen LogP contribution >= 0.6 is 0 Å². The highest BCUT2D eigenvalue weighted by molar-refractivity contribution is 6.03. The van der Waals surface area contributed by atoms with E-state index in [1.807, 2.05) is 0 Å². The Balaban J connectivity index is 2.61. The van der Waals surface area contributed by atoms with Gasteiger partial charge in [0.05, 0.1) is 38.6 Å². The Hall–Kier alpha value is -3.42. The van der Waals surface area contributed by atoms with Crippen molar-refractivity contribution in [1.29, 1.82) is 0 Å². The summed E-state index contributed by atoms with van der Waals surface area (Å²) in [7, 11) is 2.78. The SMILES string of the molecule is CCC/C(=C\C(=O)OC)CCCCC(CC)COC(=O)c1ccccc1C(=O)OCC(CC)CCCC/C(=C/C(=O)OC)CCC. The van der Waals surface area contributed by atoms with E-state index in [0.717, 1.165) is 101 Å². The molecule has 0 aromatic heterocycles. The minimum atomic E-state index is -0.521. The number of ether oxygens (including phenoxy) is 4. The molecule has 0 aliphatic rings. The Kier molecular flexibility index (Phi) is 21.9. The molecule has 0 radical (unpaired) electrons. The summed E-state index contributed by atoms with van der Waals surface area (Å²) in [6.45, 7) is 8.91. The monoisotopic (exact) mass is 642 g/mol. The van der Waals surface area contributed by atoms with Crippen molar-refractivity contribution in [2.75, 3.05) is 27.4 Å². The molecule has 0 aliphatic heterocycles. The van der Waals surface area contributed by atoms with E-state index < -0.39 is 11.9 Å². The minimum Gasteiger partial charge on any atom is -0.466 e. The predicted octanol–water partition coefficient (Wildman–Crippen LogP) is 8.97. The highest BCUT2D eigenvalue weighted by atomic mass is 16.5. The van der Waals surface area contributed by atoms with Crippen LogP contribution in [0, 0.1) is 11.8 Å². The number of carbonyl (C=O) groups excluding carboxylic acids is 4. The molecule has 0 spiro atoms. The maximum Gasteiger partial charge on any atom is 0.339 e. The molecule has 0 heterocycles. The van der Waals surface area contributed by atoms with Gasteiger partial charge in [0, 0.05) is 12.2 Å². The first-order chi connectivity index (χ1) is 22.2. The van der Waals surface area contributed by atoms with E-state index in [2.05, 4.69) is 27.7 Å². The third kappa shape index (κ3) is 16.8. The van der Waals surface area contributed by atoms with Gasteiger partial charge >= 0.3 is 23.9 Å². The van der Waals surface area contributed by atoms with Crippen molar-refractivity contribution >= 4 is 23.9 Å². The number of methoxy groups -OCH3 is 2. The molecule has 0 aliphatic carbocycles. The van der Waals surface area contributed by atoms with Gasteiger partial charge in [-0.1, -0.05) is 89.5 Å². The molecule has 1 aromatic rings. The molecule has 2 unspecified atom stereocenters. The lowest BCUT2D eigenvalue weighted by Gasteiger charge is -2.17. The Morgan fingerprint density at radius 1 is 0.609 bits per heavy atom. The van der Waals surface area contributed by atoms with Gasteiger partial charge in [0.25, 0.3) is 0 Å². The molecule has 8 heteroatoms. The van der Waals surface area contributed by atoms with Crippen LogP contribution in [0.4, 0.5) is 0 Å². The third-order valence-electron chi connectivity index (χ3n) is 8.33. The average molecular weight is 643 g/mol. The Morgan fingerprint density at radius 3 is 1.33 bits per heavy atom. The second-order valence-corrected chi connectivity index (χ2v) is 11.9. The highest BCUT2D eigenvalue weighted by Crippen LogP contribution is 2.22. The van der Waals surface area contributed by atoms with Crippen LogP contribution in [0.5, 0.6) is 0 Å². The summed E-state index contributed by atoms with van der Waals surface area (Å²) in [6.07, 6.45) is 16.0. The first-order valence-electron chi connectivity index (χ1n) is 17.2. The maximum atomic E-state index is 13.1. The van der Waals surface area contributed by atoms with Gasteiger partial charge in [0.15, 0.2) is 0 Å². The molecule has 0 saturated carbocycles. The van der Waals surface area contributed by atoms with Crippen LogP contribution in [0.3, 0.4) is 0 Å². The molecule has 0 amide bonds. The van der Waals surface area contributed by atoms with Crippen LogP contribution < -0.4 is 0 Å². The van der Waals surface area contributed by atoms with E-state index in [-0.39, 0.29) is 48.1 Å². The van der Waals surface area contributed by atoms with Gasteiger partial charge in [-0.2, -0.15) is 0 Å². The van der Waals surface area contributed by atoms with Gasteiger partial charge in [0.2, 0.25) is 0 Å². The van der Waals surface area contributed by atoms with Gasteiger partial charge in [-0.15, -0.1) is 0 Å².